The van der Waals surface area contributed by atoms with E-state index in [2.05, 4.69) is 383 Å². The van der Waals surface area contributed by atoms with Gasteiger partial charge in [-0.1, -0.05) is 286 Å². The van der Waals surface area contributed by atoms with Crippen molar-refractivity contribution >= 4 is 80.3 Å². The van der Waals surface area contributed by atoms with Gasteiger partial charge < -0.3 is 41.8 Å². The van der Waals surface area contributed by atoms with Crippen LogP contribution in [0.4, 0.5) is 0 Å². The molecule has 6 heteroatoms. The molecule has 0 radical (unpaired) electrons. The van der Waals surface area contributed by atoms with Gasteiger partial charge in [0, 0.05) is 6.42 Å². The van der Waals surface area contributed by atoms with E-state index in [1.54, 1.807) is 0 Å². The Labute approximate surface area is 566 Å². The second-order valence-corrected chi connectivity index (χ2v) is 32.5. The topological polar surface area (TPSA) is 0 Å². The molecule has 13 aromatic carbocycles. The summed E-state index contributed by atoms with van der Waals surface area (Å²) in [5.74, 6) is 0. The van der Waals surface area contributed by atoms with Crippen molar-refractivity contribution in [3.05, 3.63) is 417 Å². The molecule has 13 rings (SSSR count). The molecule has 0 aromatic heterocycles. The molecule has 0 saturated carbocycles. The van der Waals surface area contributed by atoms with Gasteiger partial charge in [0.1, 0.15) is 69.5 Å². The summed E-state index contributed by atoms with van der Waals surface area (Å²) in [7, 11) is -5.57. The van der Waals surface area contributed by atoms with Crippen LogP contribution in [0, 0.1) is 0 Å². The molecule has 0 N–H and O–H groups in total. The van der Waals surface area contributed by atoms with Crippen LogP contribution in [0.5, 0.6) is 0 Å². The van der Waals surface area contributed by atoms with Crippen molar-refractivity contribution in [3.8, 4) is 0 Å². The van der Waals surface area contributed by atoms with E-state index in [0.717, 1.165) is 31.3 Å². The van der Waals surface area contributed by atoms with Crippen LogP contribution in [-0.4, -0.2) is 6.16 Å². The Kier molecular flexibility index (Phi) is 26.0. The van der Waals surface area contributed by atoms with E-state index in [1.165, 1.54) is 86.3 Å². The van der Waals surface area contributed by atoms with E-state index in [-0.39, 0.29) is 41.8 Å². The summed E-state index contributed by atoms with van der Waals surface area (Å²) in [6, 6.07) is 133. The lowest BCUT2D eigenvalue weighted by Crippen LogP contribution is -3.00. The lowest BCUT2D eigenvalue weighted by atomic mass is 9.98. The highest BCUT2D eigenvalue weighted by atomic mass is 79.9. The Hall–Kier alpha value is -8.05. The predicted molar refractivity (Wildman–Crippen MR) is 391 cm³/mol. The SMILES string of the molecule is C=CC[P+](c1ccccc1)(c1ccccc1)c1ccccc1.C=CCc1ccccc1[P+](Cc1ccccc1)(c1ccccc1)c1ccccc1.[Br-].[Cl-].[Cl-].c1ccc(C[P+](c2ccccc2)(c2ccccc2)c2ccccc2Cc2cccc3ccccc23)cc1. The van der Waals surface area contributed by atoms with E-state index in [4.69, 9.17) is 0 Å². The van der Waals surface area contributed by atoms with Gasteiger partial charge in [0.2, 0.25) is 0 Å². The maximum atomic E-state index is 4.05. The first-order valence-electron chi connectivity index (χ1n) is 30.5. The van der Waals surface area contributed by atoms with Gasteiger partial charge in [-0.15, -0.1) is 6.58 Å². The van der Waals surface area contributed by atoms with Crippen molar-refractivity contribution in [2.24, 2.45) is 0 Å². The minimum Gasteiger partial charge on any atom is -1.00 e. The summed E-state index contributed by atoms with van der Waals surface area (Å²) in [6.07, 6.45) is 8.86. The molecule has 0 unspecified atom stereocenters. The molecule has 0 atom stereocenters. The van der Waals surface area contributed by atoms with Crippen LogP contribution in [0.2, 0.25) is 0 Å². The zero-order chi connectivity index (χ0) is 60.1. The standard InChI is InChI=1S/C36H30P.C28H26P.C21H20P.BrH.2ClH/c1-4-15-29(16-5-1)28-37(33-21-6-2-7-22-33,34-23-8-3-9-24-34)36-26-13-11-18-32(36)27-31-20-14-19-30-17-10-12-25-35(30)31;1-2-14-25-17-12-13-22-28(25)29(26-18-8-4-9-19-26,27-20-10-5-11-21-27)23-24-15-6-3-7-16-24;1-2-18-22(19-12-6-3-7-13-19,20-14-8-4-9-15-20)21-16-10-5-11-17-21;;;/h1-26H,27-28H2;2-13,15-22H,1,14,23H2;2-17H,1,18H2;3*1H/q3*+1;;;/p-3. The molecule has 13 aromatic rings. The normalized spacial score (nSPS) is 10.9. The van der Waals surface area contributed by atoms with Crippen molar-refractivity contribution < 1.29 is 41.8 Å². The third kappa shape index (κ3) is 15.8. The van der Waals surface area contributed by atoms with E-state index in [1.807, 2.05) is 6.08 Å². The first-order chi connectivity index (χ1) is 43.6. The summed E-state index contributed by atoms with van der Waals surface area (Å²) >= 11 is 0. The molecule has 0 amide bonds. The molecule has 0 bridgehead atoms. The third-order valence-electron chi connectivity index (χ3n) is 16.7. The summed E-state index contributed by atoms with van der Waals surface area (Å²) in [4.78, 5) is 0. The zero-order valence-electron chi connectivity index (χ0n) is 51.2. The molecule has 0 aliphatic rings. The summed E-state index contributed by atoms with van der Waals surface area (Å²) < 4.78 is 0. The number of rotatable bonds is 19. The Morgan fingerprint density at radius 2 is 0.527 bits per heavy atom. The van der Waals surface area contributed by atoms with E-state index in [9.17, 15) is 0 Å². The Bertz CT molecular complexity index is 4080. The summed E-state index contributed by atoms with van der Waals surface area (Å²) in [6.45, 7) is 8.07. The van der Waals surface area contributed by atoms with Crippen LogP contribution in [-0.2, 0) is 25.2 Å². The van der Waals surface area contributed by atoms with Crippen LogP contribution in [0.3, 0.4) is 0 Å². The second kappa shape index (κ2) is 34.4. The van der Waals surface area contributed by atoms with Crippen LogP contribution < -0.4 is 89.5 Å². The van der Waals surface area contributed by atoms with Crippen LogP contribution in [0.25, 0.3) is 10.8 Å². The summed E-state index contributed by atoms with van der Waals surface area (Å²) in [5.41, 5.74) is 6.92. The highest BCUT2D eigenvalue weighted by molar-refractivity contribution is 7.96. The van der Waals surface area contributed by atoms with Crippen LogP contribution >= 0.6 is 21.8 Å². The van der Waals surface area contributed by atoms with E-state index in [0.29, 0.717) is 0 Å². The maximum Gasteiger partial charge on any atom is 0.116 e. The molecule has 0 aliphatic carbocycles. The molecule has 0 nitrogen and oxygen atoms in total. The lowest BCUT2D eigenvalue weighted by molar-refractivity contribution is -0.00100. The number of benzene rings is 13. The van der Waals surface area contributed by atoms with Crippen molar-refractivity contribution in [1.29, 1.82) is 0 Å². The monoisotopic (exact) mass is 1340 g/mol. The van der Waals surface area contributed by atoms with Crippen molar-refractivity contribution in [2.45, 2.75) is 25.2 Å². The fraction of sp³-hybridized carbons (Fsp3) is 0.0588. The smallest absolute Gasteiger partial charge is 0.116 e. The molecular formula is C85H76BrCl2P3. The molecule has 0 fully saturated rings. The molecule has 0 spiro atoms. The number of halogens is 3. The molecule has 452 valence electrons. The van der Waals surface area contributed by atoms with Crippen molar-refractivity contribution in [2.75, 3.05) is 6.16 Å². The van der Waals surface area contributed by atoms with Crippen molar-refractivity contribution in [1.82, 2.24) is 0 Å². The van der Waals surface area contributed by atoms with E-state index < -0.39 is 21.8 Å². The minimum atomic E-state index is -2.01. The second-order valence-electron chi connectivity index (χ2n) is 22.1. The average molecular weight is 1340 g/mol. The van der Waals surface area contributed by atoms with Gasteiger partial charge in [-0.05, 0) is 142 Å². The van der Waals surface area contributed by atoms with Crippen molar-refractivity contribution in [3.63, 3.8) is 0 Å². The molecule has 0 saturated heterocycles. The molecule has 91 heavy (non-hydrogen) atoms. The third-order valence-corrected chi connectivity index (χ3v) is 30.0. The van der Waals surface area contributed by atoms with Gasteiger partial charge in [0.05, 0.1) is 18.5 Å². The molecule has 0 aliphatic heterocycles. The predicted octanol–water partition coefficient (Wildman–Crippen LogP) is 9.01. The minimum absolute atomic E-state index is 0. The molecular weight excluding hydrogens is 1260 g/mol. The Morgan fingerprint density at radius 3 is 0.890 bits per heavy atom. The van der Waals surface area contributed by atoms with Crippen LogP contribution in [0.1, 0.15) is 27.8 Å². The number of hydrogen-bond acceptors (Lipinski definition) is 0. The zero-order valence-corrected chi connectivity index (χ0v) is 57.0. The van der Waals surface area contributed by atoms with E-state index >= 15 is 0 Å². The van der Waals surface area contributed by atoms with Gasteiger partial charge in [0.25, 0.3) is 0 Å². The van der Waals surface area contributed by atoms with Gasteiger partial charge >= 0.3 is 0 Å². The summed E-state index contributed by atoms with van der Waals surface area (Å²) in [5, 5.41) is 15.5. The lowest BCUT2D eigenvalue weighted by Gasteiger charge is -2.29. The first-order valence-corrected chi connectivity index (χ1v) is 36.5. The number of hydrogen-bond donors (Lipinski definition) is 0. The Balaban J connectivity index is 0.000000179. The maximum absolute atomic E-state index is 4.05. The Morgan fingerprint density at radius 1 is 0.253 bits per heavy atom. The first kappa shape index (κ1) is 68.9. The van der Waals surface area contributed by atoms with Gasteiger partial charge in [-0.2, -0.15) is 0 Å². The average Bonchev–Trinajstić information content (AvgIpc) is 0.821. The fourth-order valence-electron chi connectivity index (χ4n) is 12.7. The number of fused-ring (bicyclic) bond motifs is 1. The fourth-order valence-corrected chi connectivity index (χ4v) is 25.7. The highest BCUT2D eigenvalue weighted by Crippen LogP contribution is 2.60. The van der Waals surface area contributed by atoms with Crippen LogP contribution in [0.15, 0.2) is 389 Å². The highest BCUT2D eigenvalue weighted by Gasteiger charge is 2.49. The largest absolute Gasteiger partial charge is 1.00 e. The quantitative estimate of drug-likeness (QED) is 0.0561. The molecule has 0 heterocycles. The number of allylic oxidation sites excluding steroid dienone is 2. The van der Waals surface area contributed by atoms with Gasteiger partial charge in [-0.3, -0.25) is 0 Å². The van der Waals surface area contributed by atoms with Gasteiger partial charge in [-0.25, -0.2) is 0 Å². The van der Waals surface area contributed by atoms with Gasteiger partial charge in [0.15, 0.2) is 0 Å².